The Labute approximate surface area is 185 Å². The lowest BCUT2D eigenvalue weighted by atomic mass is 10.1. The molecule has 1 aliphatic heterocycles. The zero-order chi connectivity index (χ0) is 22.8. The number of nitrogens with zero attached hydrogens (tertiary/aromatic N) is 2. The van der Waals surface area contributed by atoms with Gasteiger partial charge in [0.25, 0.3) is 5.91 Å². The number of aliphatic carboxylic acids is 1. The van der Waals surface area contributed by atoms with Crippen LogP contribution < -0.4 is 10.6 Å². The number of anilines is 1. The maximum atomic E-state index is 12.7. The number of amides is 2. The Morgan fingerprint density at radius 3 is 2.69 bits per heavy atom. The molecule has 166 valence electrons. The average Bonchev–Trinajstić information content (AvgIpc) is 3.03. The SMILES string of the molecule is CN1Cc2cc(C(=O)NCCc3cc4ccccc4n3C)ccc2NC(CC(=O)O)C1=O. The minimum absolute atomic E-state index is 0.188. The maximum absolute atomic E-state index is 12.7. The highest BCUT2D eigenvalue weighted by atomic mass is 16.4. The Kier molecular flexibility index (Phi) is 5.85. The second-order valence-corrected chi connectivity index (χ2v) is 8.12. The number of hydrogen-bond acceptors (Lipinski definition) is 4. The monoisotopic (exact) mass is 434 g/mol. The fraction of sp³-hybridized carbons (Fsp3) is 0.292. The van der Waals surface area contributed by atoms with Gasteiger partial charge in [0.15, 0.2) is 0 Å². The van der Waals surface area contributed by atoms with E-state index in [-0.39, 0.29) is 18.2 Å². The summed E-state index contributed by atoms with van der Waals surface area (Å²) in [5, 5.41) is 16.2. The first-order chi connectivity index (χ1) is 15.3. The van der Waals surface area contributed by atoms with E-state index in [1.807, 2.05) is 19.2 Å². The van der Waals surface area contributed by atoms with Gasteiger partial charge >= 0.3 is 5.97 Å². The molecule has 2 heterocycles. The molecule has 1 unspecified atom stereocenters. The summed E-state index contributed by atoms with van der Waals surface area (Å²) in [6.07, 6.45) is 0.399. The van der Waals surface area contributed by atoms with Gasteiger partial charge in [-0.1, -0.05) is 18.2 Å². The van der Waals surface area contributed by atoms with Crippen molar-refractivity contribution >= 4 is 34.4 Å². The van der Waals surface area contributed by atoms with E-state index >= 15 is 0 Å². The van der Waals surface area contributed by atoms with E-state index in [0.717, 1.165) is 16.8 Å². The Balaban J connectivity index is 1.43. The first-order valence-electron chi connectivity index (χ1n) is 10.5. The number of carbonyl (C=O) groups excluding carboxylic acids is 2. The third-order valence-corrected chi connectivity index (χ3v) is 5.88. The van der Waals surface area contributed by atoms with Crippen molar-refractivity contribution in [2.75, 3.05) is 18.9 Å². The molecular weight excluding hydrogens is 408 g/mol. The molecule has 0 radical (unpaired) electrons. The van der Waals surface area contributed by atoms with E-state index < -0.39 is 12.0 Å². The van der Waals surface area contributed by atoms with Crippen LogP contribution in [0.1, 0.15) is 28.0 Å². The summed E-state index contributed by atoms with van der Waals surface area (Å²) in [7, 11) is 3.65. The standard InChI is InChI=1S/C24H26N4O4/c1-27-14-17-11-16(7-8-19(17)26-20(24(27)32)13-22(29)30)23(31)25-10-9-18-12-15-5-3-4-6-21(15)28(18)2/h3-8,11-12,20,26H,9-10,13-14H2,1-2H3,(H,25,31)(H,29,30). The van der Waals surface area contributed by atoms with E-state index in [9.17, 15) is 14.4 Å². The topological polar surface area (TPSA) is 104 Å². The first kappa shape index (κ1) is 21.4. The van der Waals surface area contributed by atoms with Crippen molar-refractivity contribution in [1.29, 1.82) is 0 Å². The summed E-state index contributed by atoms with van der Waals surface area (Å²) in [6.45, 7) is 0.797. The third-order valence-electron chi connectivity index (χ3n) is 5.88. The number of hydrogen-bond donors (Lipinski definition) is 3. The number of aryl methyl sites for hydroxylation is 1. The molecule has 0 fully saturated rings. The van der Waals surface area contributed by atoms with Gasteiger partial charge in [-0.3, -0.25) is 14.4 Å². The highest BCUT2D eigenvalue weighted by Gasteiger charge is 2.29. The van der Waals surface area contributed by atoms with Crippen LogP contribution in [0, 0.1) is 0 Å². The normalized spacial score (nSPS) is 15.8. The molecule has 1 atom stereocenters. The van der Waals surface area contributed by atoms with Gasteiger partial charge in [0.2, 0.25) is 5.91 Å². The first-order valence-corrected chi connectivity index (χ1v) is 10.5. The maximum Gasteiger partial charge on any atom is 0.305 e. The van der Waals surface area contributed by atoms with E-state index in [2.05, 4.69) is 33.4 Å². The Morgan fingerprint density at radius 1 is 1.16 bits per heavy atom. The van der Waals surface area contributed by atoms with E-state index in [1.54, 1.807) is 25.2 Å². The summed E-state index contributed by atoms with van der Waals surface area (Å²) in [4.78, 5) is 37.8. The van der Waals surface area contributed by atoms with Crippen LogP contribution in [0.2, 0.25) is 0 Å². The molecule has 4 rings (SSSR count). The number of rotatable bonds is 6. The van der Waals surface area contributed by atoms with Gasteiger partial charge in [-0.15, -0.1) is 0 Å². The molecule has 8 nitrogen and oxygen atoms in total. The summed E-state index contributed by atoms with van der Waals surface area (Å²) in [6, 6.07) is 14.6. The Morgan fingerprint density at radius 2 is 1.94 bits per heavy atom. The second kappa shape index (κ2) is 8.74. The van der Waals surface area contributed by atoms with Gasteiger partial charge in [-0.25, -0.2) is 0 Å². The number of likely N-dealkylation sites (N-methyl/N-ethyl adjacent to an activating group) is 1. The van der Waals surface area contributed by atoms with Crippen molar-refractivity contribution in [3.63, 3.8) is 0 Å². The number of benzene rings is 2. The minimum Gasteiger partial charge on any atom is -0.481 e. The van der Waals surface area contributed by atoms with Crippen LogP contribution in [-0.4, -0.2) is 52.0 Å². The van der Waals surface area contributed by atoms with Crippen LogP contribution in [0.25, 0.3) is 10.9 Å². The molecule has 32 heavy (non-hydrogen) atoms. The molecule has 1 aromatic heterocycles. The Hall–Kier alpha value is -3.81. The molecule has 0 saturated carbocycles. The molecule has 2 amide bonds. The van der Waals surface area contributed by atoms with Crippen LogP contribution in [0.3, 0.4) is 0 Å². The number of aromatic nitrogens is 1. The summed E-state index contributed by atoms with van der Waals surface area (Å²) >= 11 is 0. The largest absolute Gasteiger partial charge is 0.481 e. The van der Waals surface area contributed by atoms with Gasteiger partial charge in [0, 0.05) is 56.1 Å². The van der Waals surface area contributed by atoms with Crippen molar-refractivity contribution < 1.29 is 19.5 Å². The number of carboxylic acid groups (broad SMARTS) is 1. The summed E-state index contributed by atoms with van der Waals surface area (Å²) < 4.78 is 2.13. The highest BCUT2D eigenvalue weighted by molar-refractivity contribution is 5.96. The van der Waals surface area contributed by atoms with E-state index in [0.29, 0.717) is 30.8 Å². The number of carbonyl (C=O) groups is 3. The van der Waals surface area contributed by atoms with Crippen LogP contribution in [-0.2, 0) is 29.6 Å². The lowest BCUT2D eigenvalue weighted by molar-refractivity contribution is -0.141. The third kappa shape index (κ3) is 4.30. The van der Waals surface area contributed by atoms with Crippen molar-refractivity contribution in [3.05, 3.63) is 65.4 Å². The van der Waals surface area contributed by atoms with Gasteiger partial charge in [0.05, 0.1) is 6.42 Å². The van der Waals surface area contributed by atoms with Gasteiger partial charge in [-0.05, 0) is 41.3 Å². The van der Waals surface area contributed by atoms with Gasteiger partial charge < -0.3 is 25.2 Å². The lowest BCUT2D eigenvalue weighted by Gasteiger charge is -2.19. The quantitative estimate of drug-likeness (QED) is 0.553. The molecule has 3 aromatic rings. The van der Waals surface area contributed by atoms with Crippen molar-refractivity contribution in [2.45, 2.75) is 25.4 Å². The smallest absolute Gasteiger partial charge is 0.305 e. The molecule has 0 saturated heterocycles. The predicted octanol–water partition coefficient (Wildman–Crippen LogP) is 2.38. The zero-order valence-corrected chi connectivity index (χ0v) is 18.1. The zero-order valence-electron chi connectivity index (χ0n) is 18.1. The van der Waals surface area contributed by atoms with Crippen LogP contribution in [0.5, 0.6) is 0 Å². The Bertz CT molecular complexity index is 1200. The molecule has 8 heteroatoms. The van der Waals surface area contributed by atoms with Crippen molar-refractivity contribution in [2.24, 2.45) is 7.05 Å². The molecular formula is C24H26N4O4. The molecule has 0 spiro atoms. The van der Waals surface area contributed by atoms with Crippen LogP contribution in [0.15, 0.2) is 48.5 Å². The van der Waals surface area contributed by atoms with Crippen LogP contribution >= 0.6 is 0 Å². The van der Waals surface area contributed by atoms with E-state index in [1.165, 1.54) is 10.3 Å². The number of nitrogens with one attached hydrogen (secondary N) is 2. The number of para-hydroxylation sites is 1. The second-order valence-electron chi connectivity index (χ2n) is 8.12. The molecule has 3 N–H and O–H groups in total. The highest BCUT2D eigenvalue weighted by Crippen LogP contribution is 2.25. The fourth-order valence-corrected chi connectivity index (χ4v) is 4.16. The lowest BCUT2D eigenvalue weighted by Crippen LogP contribution is -2.39. The van der Waals surface area contributed by atoms with Crippen molar-refractivity contribution in [3.8, 4) is 0 Å². The predicted molar refractivity (Wildman–Crippen MR) is 122 cm³/mol. The van der Waals surface area contributed by atoms with Gasteiger partial charge in [0.1, 0.15) is 6.04 Å². The van der Waals surface area contributed by atoms with Gasteiger partial charge in [-0.2, -0.15) is 0 Å². The summed E-state index contributed by atoms with van der Waals surface area (Å²) in [5.41, 5.74) is 4.24. The van der Waals surface area contributed by atoms with Crippen molar-refractivity contribution in [1.82, 2.24) is 14.8 Å². The number of carboxylic acids is 1. The fourth-order valence-electron chi connectivity index (χ4n) is 4.16. The average molecular weight is 434 g/mol. The van der Waals surface area contributed by atoms with Crippen LogP contribution in [0.4, 0.5) is 5.69 Å². The minimum atomic E-state index is -1.05. The molecule has 0 bridgehead atoms. The molecule has 2 aromatic carbocycles. The number of fused-ring (bicyclic) bond motifs is 2. The molecule has 1 aliphatic rings. The van der Waals surface area contributed by atoms with E-state index in [4.69, 9.17) is 5.11 Å². The summed E-state index contributed by atoms with van der Waals surface area (Å²) in [5.74, 6) is -1.52. The molecule has 0 aliphatic carbocycles.